The third-order valence-corrected chi connectivity index (χ3v) is 1.14. The second kappa shape index (κ2) is 2.80. The van der Waals surface area contributed by atoms with Crippen molar-refractivity contribution in [2.75, 3.05) is 0 Å². The molecule has 0 aromatic heterocycles. The molecule has 0 aromatic rings. The zero-order chi connectivity index (χ0) is 8.27. The number of ketones is 2. The first-order chi connectivity index (χ1) is 5.24. The van der Waals surface area contributed by atoms with Gasteiger partial charge in [-0.1, -0.05) is 0 Å². The van der Waals surface area contributed by atoms with E-state index in [0.29, 0.717) is 0 Å². The zero-order valence-electron chi connectivity index (χ0n) is 5.50. The van der Waals surface area contributed by atoms with E-state index in [9.17, 15) is 9.59 Å². The lowest BCUT2D eigenvalue weighted by Gasteiger charge is -2.01. The number of carbonyl (C=O) groups is 2. The predicted molar refractivity (Wildman–Crippen MR) is 36.0 cm³/mol. The molecule has 0 amide bonds. The summed E-state index contributed by atoms with van der Waals surface area (Å²) in [5.41, 5.74) is 0.0278. The Morgan fingerprint density at radius 3 is 2.73 bits per heavy atom. The fourth-order valence-electron chi connectivity index (χ4n) is 0.667. The number of hydrogen-bond acceptors (Lipinski definition) is 4. The number of allylic oxidation sites excluding steroid dienone is 3. The Kier molecular flexibility index (Phi) is 1.83. The predicted octanol–water partition coefficient (Wildman–Crippen LogP) is -0.351. The third kappa shape index (κ3) is 1.52. The van der Waals surface area contributed by atoms with Gasteiger partial charge in [0.05, 0.1) is 5.70 Å². The van der Waals surface area contributed by atoms with Crippen molar-refractivity contribution in [3.63, 3.8) is 0 Å². The molecule has 1 N–H and O–H groups in total. The van der Waals surface area contributed by atoms with Gasteiger partial charge in [0.15, 0.2) is 12.0 Å². The molecule has 0 atom stereocenters. The van der Waals surface area contributed by atoms with Crippen LogP contribution in [-0.4, -0.2) is 11.6 Å². The largest absolute Gasteiger partial charge is 0.290 e. The molecule has 0 heterocycles. The first-order valence-corrected chi connectivity index (χ1v) is 2.87. The van der Waals surface area contributed by atoms with Crippen molar-refractivity contribution in [3.05, 3.63) is 23.9 Å². The molecular formula is C7H4N2O2. The molecule has 1 aliphatic rings. The van der Waals surface area contributed by atoms with E-state index < -0.39 is 0 Å². The maximum atomic E-state index is 10.8. The van der Waals surface area contributed by atoms with Crippen LogP contribution >= 0.6 is 0 Å². The molecule has 11 heavy (non-hydrogen) atoms. The van der Waals surface area contributed by atoms with Gasteiger partial charge in [0.25, 0.3) is 0 Å². The molecular weight excluding hydrogens is 144 g/mol. The normalized spacial score (nSPS) is 15.7. The Bertz CT molecular complexity index is 307. The van der Waals surface area contributed by atoms with Crippen LogP contribution in [0, 0.1) is 11.5 Å². The molecule has 0 saturated carbocycles. The van der Waals surface area contributed by atoms with Crippen molar-refractivity contribution < 1.29 is 9.59 Å². The molecule has 0 spiro atoms. The Morgan fingerprint density at radius 2 is 2.09 bits per heavy atom. The van der Waals surface area contributed by atoms with Gasteiger partial charge in [-0.25, -0.2) is 0 Å². The quantitative estimate of drug-likeness (QED) is 0.313. The molecule has 0 fully saturated rings. The van der Waals surface area contributed by atoms with Gasteiger partial charge in [0.1, 0.15) is 0 Å². The summed E-state index contributed by atoms with van der Waals surface area (Å²) in [5.74, 6) is -0.645. The van der Waals surface area contributed by atoms with Crippen molar-refractivity contribution in [1.29, 1.82) is 5.26 Å². The van der Waals surface area contributed by atoms with Crippen LogP contribution in [0.3, 0.4) is 0 Å². The summed E-state index contributed by atoms with van der Waals surface area (Å²) < 4.78 is 0. The number of rotatable bonds is 1. The summed E-state index contributed by atoms with van der Waals surface area (Å²) in [6.07, 6.45) is 4.94. The van der Waals surface area contributed by atoms with E-state index in [2.05, 4.69) is 5.32 Å². The van der Waals surface area contributed by atoms with E-state index in [-0.39, 0.29) is 17.3 Å². The minimum absolute atomic E-state index is 0.0278. The maximum absolute atomic E-state index is 10.8. The molecule has 0 aliphatic heterocycles. The zero-order valence-corrected chi connectivity index (χ0v) is 5.50. The average Bonchev–Trinajstić information content (AvgIpc) is 1.98. The van der Waals surface area contributed by atoms with Crippen molar-refractivity contribution in [2.24, 2.45) is 0 Å². The molecule has 0 aromatic carbocycles. The van der Waals surface area contributed by atoms with Crippen LogP contribution in [0.15, 0.2) is 23.9 Å². The lowest BCUT2D eigenvalue weighted by Crippen LogP contribution is -2.18. The summed E-state index contributed by atoms with van der Waals surface area (Å²) in [7, 11) is 0. The summed E-state index contributed by atoms with van der Waals surface area (Å²) >= 11 is 0. The molecule has 4 heteroatoms. The lowest BCUT2D eigenvalue weighted by atomic mass is 10.1. The third-order valence-electron chi connectivity index (χ3n) is 1.14. The Morgan fingerprint density at radius 1 is 1.36 bits per heavy atom. The fraction of sp³-hybridized carbons (Fsp3) is 0. The molecule has 0 unspecified atom stereocenters. The molecule has 1 aliphatic carbocycles. The topological polar surface area (TPSA) is 70.0 Å². The van der Waals surface area contributed by atoms with Crippen LogP contribution in [0.2, 0.25) is 0 Å². The Hall–Kier alpha value is -1.89. The molecule has 0 saturated heterocycles. The molecule has 0 radical (unpaired) electrons. The number of hydrogen-bond donors (Lipinski definition) is 1. The average molecular weight is 148 g/mol. The van der Waals surface area contributed by atoms with Gasteiger partial charge < -0.3 is 0 Å². The smallest absolute Gasteiger partial charge is 0.202 e. The number of carbonyl (C=O) groups excluding carboxylic acids is 2. The molecule has 1 rings (SSSR count). The second-order valence-electron chi connectivity index (χ2n) is 1.89. The first kappa shape index (κ1) is 7.22. The minimum atomic E-state index is -0.355. The number of nitrogens with zero attached hydrogens (tertiary/aromatic N) is 1. The van der Waals surface area contributed by atoms with Gasteiger partial charge in [-0.05, 0) is 12.2 Å². The van der Waals surface area contributed by atoms with Crippen LogP contribution in [0.5, 0.6) is 0 Å². The van der Waals surface area contributed by atoms with Crippen molar-refractivity contribution in [3.8, 4) is 6.19 Å². The summed E-state index contributed by atoms with van der Waals surface area (Å²) in [6, 6.07) is 0. The maximum Gasteiger partial charge on any atom is 0.202 e. The van der Waals surface area contributed by atoms with Gasteiger partial charge in [0, 0.05) is 6.08 Å². The van der Waals surface area contributed by atoms with E-state index in [1.54, 1.807) is 6.19 Å². The SMILES string of the molecule is N#CNC1=CC(=O)C=CC1=O. The highest BCUT2D eigenvalue weighted by atomic mass is 16.1. The molecule has 0 bridgehead atoms. The summed E-state index contributed by atoms with van der Waals surface area (Å²) in [4.78, 5) is 21.4. The second-order valence-corrected chi connectivity index (χ2v) is 1.89. The van der Waals surface area contributed by atoms with E-state index >= 15 is 0 Å². The van der Waals surface area contributed by atoms with Gasteiger partial charge in [-0.15, -0.1) is 0 Å². The monoisotopic (exact) mass is 148 g/mol. The molecule has 4 nitrogen and oxygen atoms in total. The summed E-state index contributed by atoms with van der Waals surface area (Å²) in [5, 5.41) is 10.2. The van der Waals surface area contributed by atoms with Gasteiger partial charge in [0.2, 0.25) is 5.78 Å². The molecule has 54 valence electrons. The van der Waals surface area contributed by atoms with Crippen LogP contribution in [0.25, 0.3) is 0 Å². The fourth-order valence-corrected chi connectivity index (χ4v) is 0.667. The van der Waals surface area contributed by atoms with Crippen LogP contribution < -0.4 is 5.32 Å². The summed E-state index contributed by atoms with van der Waals surface area (Å²) in [6.45, 7) is 0. The lowest BCUT2D eigenvalue weighted by molar-refractivity contribution is -0.114. The van der Waals surface area contributed by atoms with Crippen LogP contribution in [0.4, 0.5) is 0 Å². The van der Waals surface area contributed by atoms with Gasteiger partial charge in [-0.2, -0.15) is 5.26 Å². The number of nitrogens with one attached hydrogen (secondary N) is 1. The standard InChI is InChI=1S/C7H4N2O2/c8-4-9-6-3-5(10)1-2-7(6)11/h1-3,9H. The van der Waals surface area contributed by atoms with Crippen molar-refractivity contribution >= 4 is 11.6 Å². The highest BCUT2D eigenvalue weighted by Crippen LogP contribution is 2.00. The highest BCUT2D eigenvalue weighted by Gasteiger charge is 2.11. The van der Waals surface area contributed by atoms with E-state index in [0.717, 1.165) is 18.2 Å². The van der Waals surface area contributed by atoms with Crippen molar-refractivity contribution in [2.45, 2.75) is 0 Å². The van der Waals surface area contributed by atoms with Gasteiger partial charge in [-0.3, -0.25) is 14.9 Å². The number of nitriles is 1. The minimum Gasteiger partial charge on any atom is -0.290 e. The van der Waals surface area contributed by atoms with Crippen LogP contribution in [0.1, 0.15) is 0 Å². The Labute approximate surface area is 62.8 Å². The van der Waals surface area contributed by atoms with Crippen LogP contribution in [-0.2, 0) is 9.59 Å². The Balaban J connectivity index is 2.87. The highest BCUT2D eigenvalue weighted by molar-refractivity contribution is 6.17. The van der Waals surface area contributed by atoms with E-state index in [4.69, 9.17) is 5.26 Å². The van der Waals surface area contributed by atoms with Crippen molar-refractivity contribution in [1.82, 2.24) is 5.32 Å². The van der Waals surface area contributed by atoms with E-state index in [1.807, 2.05) is 0 Å². The first-order valence-electron chi connectivity index (χ1n) is 2.87. The van der Waals surface area contributed by atoms with E-state index in [1.165, 1.54) is 0 Å². The van der Waals surface area contributed by atoms with Gasteiger partial charge >= 0.3 is 0 Å².